The van der Waals surface area contributed by atoms with E-state index in [2.05, 4.69) is 97.4 Å². The molecule has 0 bridgehead atoms. The van der Waals surface area contributed by atoms with Gasteiger partial charge in [0.25, 0.3) is 0 Å². The summed E-state index contributed by atoms with van der Waals surface area (Å²) in [5.74, 6) is 2.00. The molecule has 1 aliphatic carbocycles. The van der Waals surface area contributed by atoms with Gasteiger partial charge >= 0.3 is 0 Å². The Labute approximate surface area is 225 Å². The topological polar surface area (TPSA) is 37.2 Å². The van der Waals surface area contributed by atoms with Crippen LogP contribution in [-0.4, -0.2) is 45.8 Å². The summed E-state index contributed by atoms with van der Waals surface area (Å²) in [6, 6.07) is 26.9. The highest BCUT2D eigenvalue weighted by molar-refractivity contribution is 5.86. The summed E-state index contributed by atoms with van der Waals surface area (Å²) in [6.07, 6.45) is 5.73. The number of benzene rings is 3. The number of hydrogen-bond donors (Lipinski definition) is 0. The molecule has 1 aromatic heterocycles. The summed E-state index contributed by atoms with van der Waals surface area (Å²) in [6.45, 7) is 7.33. The molecule has 192 valence electrons. The van der Waals surface area contributed by atoms with Crippen LogP contribution in [0.2, 0.25) is 0 Å². The van der Waals surface area contributed by atoms with Crippen molar-refractivity contribution in [3.05, 3.63) is 112 Å². The van der Waals surface area contributed by atoms with Crippen molar-refractivity contribution < 1.29 is 0 Å². The van der Waals surface area contributed by atoms with Crippen LogP contribution in [0.4, 0.5) is 5.69 Å². The molecule has 0 N–H and O–H groups in total. The van der Waals surface area contributed by atoms with E-state index in [1.807, 2.05) is 6.92 Å². The number of nitrogens with zero attached hydrogens (tertiary/aromatic N) is 5. The first-order valence-electron chi connectivity index (χ1n) is 14.1. The summed E-state index contributed by atoms with van der Waals surface area (Å²) in [7, 11) is 0. The quantitative estimate of drug-likeness (QED) is 0.345. The van der Waals surface area contributed by atoms with Crippen LogP contribution in [0.25, 0.3) is 11.3 Å². The first kappa shape index (κ1) is 23.4. The number of likely N-dealkylation sites (tertiary alicyclic amines) is 1. The van der Waals surface area contributed by atoms with Crippen molar-refractivity contribution in [2.75, 3.05) is 31.1 Å². The van der Waals surface area contributed by atoms with Crippen molar-refractivity contribution >= 4 is 11.3 Å². The highest BCUT2D eigenvalue weighted by Gasteiger charge is 2.26. The van der Waals surface area contributed by atoms with E-state index in [1.54, 1.807) is 5.57 Å². The van der Waals surface area contributed by atoms with Gasteiger partial charge in [-0.25, -0.2) is 0 Å². The molecule has 1 saturated heterocycles. The zero-order valence-corrected chi connectivity index (χ0v) is 22.2. The van der Waals surface area contributed by atoms with Crippen LogP contribution in [-0.2, 0) is 19.4 Å². The Hall–Kier alpha value is -3.70. The molecule has 3 aromatic carbocycles. The molecule has 7 rings (SSSR count). The smallest absolute Gasteiger partial charge is 0.157 e. The fourth-order valence-electron chi connectivity index (χ4n) is 6.74. The van der Waals surface area contributed by atoms with Crippen LogP contribution in [0.15, 0.2) is 78.4 Å². The number of fused-ring (bicyclic) bond motifs is 5. The second kappa shape index (κ2) is 9.88. The zero-order chi connectivity index (χ0) is 25.5. The predicted octanol–water partition coefficient (Wildman–Crippen LogP) is 5.98. The van der Waals surface area contributed by atoms with Gasteiger partial charge in [-0.15, -0.1) is 10.2 Å². The molecule has 4 aromatic rings. The Morgan fingerprint density at radius 2 is 1.32 bits per heavy atom. The molecular formula is C33H35N5. The Bertz CT molecular complexity index is 1450. The van der Waals surface area contributed by atoms with E-state index in [9.17, 15) is 0 Å². The van der Waals surface area contributed by atoms with Gasteiger partial charge in [-0.1, -0.05) is 66.2 Å². The largest absolute Gasteiger partial charge is 0.362 e. The Balaban J connectivity index is 1.05. The molecule has 5 heteroatoms. The fourth-order valence-corrected chi connectivity index (χ4v) is 6.74. The van der Waals surface area contributed by atoms with Crippen molar-refractivity contribution in [1.29, 1.82) is 0 Å². The standard InChI is InChI=1S/C33H35N5/c1-24-34-35-32-23-37(30-13-6-7-14-31(30)38(24)32)20-8-19-36-21-17-27(18-22-36)33-28-11-4-2-9-25(28)15-16-26-10-3-5-12-29(26)33/h2-7,9-14H,8,15-23H2,1H3. The molecule has 3 heterocycles. The van der Waals surface area contributed by atoms with Crippen LogP contribution in [0, 0.1) is 6.92 Å². The van der Waals surface area contributed by atoms with E-state index in [-0.39, 0.29) is 0 Å². The monoisotopic (exact) mass is 501 g/mol. The van der Waals surface area contributed by atoms with Gasteiger partial charge < -0.3 is 9.80 Å². The first-order valence-corrected chi connectivity index (χ1v) is 14.1. The Morgan fingerprint density at radius 3 is 2.03 bits per heavy atom. The molecule has 3 aliphatic rings. The first-order chi connectivity index (χ1) is 18.8. The minimum Gasteiger partial charge on any atom is -0.362 e. The Morgan fingerprint density at radius 1 is 0.684 bits per heavy atom. The van der Waals surface area contributed by atoms with E-state index in [1.165, 1.54) is 39.2 Å². The lowest BCUT2D eigenvalue weighted by Gasteiger charge is -2.34. The maximum absolute atomic E-state index is 4.45. The molecule has 38 heavy (non-hydrogen) atoms. The van der Waals surface area contributed by atoms with E-state index in [0.717, 1.165) is 76.5 Å². The van der Waals surface area contributed by atoms with Gasteiger partial charge in [0.1, 0.15) is 5.82 Å². The third-order valence-corrected chi connectivity index (χ3v) is 8.64. The van der Waals surface area contributed by atoms with Crippen molar-refractivity contribution in [2.24, 2.45) is 0 Å². The van der Waals surface area contributed by atoms with Crippen molar-refractivity contribution in [2.45, 2.75) is 45.6 Å². The molecule has 5 nitrogen and oxygen atoms in total. The van der Waals surface area contributed by atoms with Gasteiger partial charge in [0, 0.05) is 19.6 Å². The van der Waals surface area contributed by atoms with Crippen LogP contribution in [0.1, 0.15) is 53.2 Å². The summed E-state index contributed by atoms with van der Waals surface area (Å²) in [5, 5.41) is 8.79. The predicted molar refractivity (Wildman–Crippen MR) is 154 cm³/mol. The minimum atomic E-state index is 0.826. The highest BCUT2D eigenvalue weighted by atomic mass is 15.3. The molecule has 0 saturated carbocycles. The molecule has 0 spiro atoms. The van der Waals surface area contributed by atoms with E-state index in [4.69, 9.17) is 0 Å². The average molecular weight is 502 g/mol. The van der Waals surface area contributed by atoms with Gasteiger partial charge in [0.05, 0.1) is 17.9 Å². The number of para-hydroxylation sites is 2. The number of piperidine rings is 1. The molecule has 0 atom stereocenters. The Kier molecular flexibility index (Phi) is 6.09. The number of aromatic nitrogens is 3. The third-order valence-electron chi connectivity index (χ3n) is 8.64. The zero-order valence-electron chi connectivity index (χ0n) is 22.2. The van der Waals surface area contributed by atoms with Gasteiger partial charge in [0.2, 0.25) is 0 Å². The number of aryl methyl sites for hydroxylation is 3. The van der Waals surface area contributed by atoms with Gasteiger partial charge in [-0.3, -0.25) is 4.57 Å². The van der Waals surface area contributed by atoms with E-state index >= 15 is 0 Å². The van der Waals surface area contributed by atoms with E-state index < -0.39 is 0 Å². The normalized spacial score (nSPS) is 16.9. The van der Waals surface area contributed by atoms with Crippen LogP contribution >= 0.6 is 0 Å². The molecule has 0 unspecified atom stereocenters. The van der Waals surface area contributed by atoms with Crippen molar-refractivity contribution in [3.8, 4) is 5.69 Å². The lowest BCUT2D eigenvalue weighted by molar-refractivity contribution is 0.254. The van der Waals surface area contributed by atoms with Crippen LogP contribution in [0.5, 0.6) is 0 Å². The maximum atomic E-state index is 4.45. The SMILES string of the molecule is Cc1nnc2n1-c1ccccc1N(CCCN1CCC(=C3c4ccccc4CCc4ccccc43)CC1)C2. The average Bonchev–Trinajstić information content (AvgIpc) is 3.25. The maximum Gasteiger partial charge on any atom is 0.157 e. The molecular weight excluding hydrogens is 466 g/mol. The summed E-state index contributed by atoms with van der Waals surface area (Å²) >= 11 is 0. The van der Waals surface area contributed by atoms with E-state index in [0.29, 0.717) is 0 Å². The summed E-state index contributed by atoms with van der Waals surface area (Å²) in [5.41, 5.74) is 11.6. The number of hydrogen-bond acceptors (Lipinski definition) is 4. The van der Waals surface area contributed by atoms with Crippen LogP contribution < -0.4 is 4.90 Å². The molecule has 2 aliphatic heterocycles. The molecule has 0 amide bonds. The van der Waals surface area contributed by atoms with Crippen molar-refractivity contribution in [3.63, 3.8) is 0 Å². The van der Waals surface area contributed by atoms with Crippen molar-refractivity contribution in [1.82, 2.24) is 19.7 Å². The van der Waals surface area contributed by atoms with Gasteiger partial charge in [0.15, 0.2) is 5.82 Å². The highest BCUT2D eigenvalue weighted by Crippen LogP contribution is 2.38. The minimum absolute atomic E-state index is 0.826. The number of anilines is 1. The lowest BCUT2D eigenvalue weighted by atomic mass is 9.86. The van der Waals surface area contributed by atoms with Gasteiger partial charge in [-0.2, -0.15) is 0 Å². The second-order valence-corrected chi connectivity index (χ2v) is 10.9. The molecule has 1 fully saturated rings. The van der Waals surface area contributed by atoms with Gasteiger partial charge in [-0.05, 0) is 85.5 Å². The summed E-state index contributed by atoms with van der Waals surface area (Å²) in [4.78, 5) is 5.15. The lowest BCUT2D eigenvalue weighted by Crippen LogP contribution is -2.35. The second-order valence-electron chi connectivity index (χ2n) is 10.9. The number of rotatable bonds is 4. The third kappa shape index (κ3) is 4.15. The molecule has 0 radical (unpaired) electrons. The summed E-state index contributed by atoms with van der Waals surface area (Å²) < 4.78 is 2.20. The van der Waals surface area contributed by atoms with Crippen LogP contribution in [0.3, 0.4) is 0 Å². The fraction of sp³-hybridized carbons (Fsp3) is 0.333.